The zero-order valence-electron chi connectivity index (χ0n) is 12.9. The van der Waals surface area contributed by atoms with Gasteiger partial charge in [0, 0.05) is 12.1 Å². The van der Waals surface area contributed by atoms with Gasteiger partial charge >= 0.3 is 5.97 Å². The number of nitro groups is 1. The Labute approximate surface area is 135 Å². The summed E-state index contributed by atoms with van der Waals surface area (Å²) in [6.45, 7) is 3.77. The van der Waals surface area contributed by atoms with Gasteiger partial charge in [-0.25, -0.2) is 4.79 Å². The van der Waals surface area contributed by atoms with E-state index >= 15 is 0 Å². The van der Waals surface area contributed by atoms with Crippen molar-refractivity contribution in [1.82, 2.24) is 0 Å². The molecule has 0 amide bonds. The molecule has 2 rings (SSSR count). The molecule has 0 radical (unpaired) electrons. The SMILES string of the molecule is C=CCC1CCCCC1=C=COC(=O)c1ccc([N+](=O)[O-])cc1. The van der Waals surface area contributed by atoms with Crippen LogP contribution in [0.3, 0.4) is 0 Å². The molecule has 0 heterocycles. The summed E-state index contributed by atoms with van der Waals surface area (Å²) < 4.78 is 5.07. The number of allylic oxidation sites excluding steroid dienone is 2. The van der Waals surface area contributed by atoms with Crippen molar-refractivity contribution in [2.75, 3.05) is 0 Å². The quantitative estimate of drug-likeness (QED) is 0.199. The van der Waals surface area contributed by atoms with Crippen LogP contribution in [0.15, 0.2) is 54.5 Å². The maximum atomic E-state index is 11.9. The molecule has 0 N–H and O–H groups in total. The van der Waals surface area contributed by atoms with E-state index in [-0.39, 0.29) is 11.3 Å². The van der Waals surface area contributed by atoms with Gasteiger partial charge in [-0.05, 0) is 49.3 Å². The lowest BCUT2D eigenvalue weighted by atomic mass is 9.83. The summed E-state index contributed by atoms with van der Waals surface area (Å²) in [5.74, 6) is -0.125. The summed E-state index contributed by atoms with van der Waals surface area (Å²) in [4.78, 5) is 22.0. The van der Waals surface area contributed by atoms with Crippen molar-refractivity contribution in [3.8, 4) is 0 Å². The summed E-state index contributed by atoms with van der Waals surface area (Å²) in [5, 5.41) is 10.6. The highest BCUT2D eigenvalue weighted by Crippen LogP contribution is 2.31. The predicted molar refractivity (Wildman–Crippen MR) is 86.9 cm³/mol. The smallest absolute Gasteiger partial charge is 0.343 e. The highest BCUT2D eigenvalue weighted by Gasteiger charge is 2.17. The molecule has 0 spiro atoms. The number of nitro benzene ring substituents is 1. The van der Waals surface area contributed by atoms with Gasteiger partial charge in [-0.3, -0.25) is 10.1 Å². The van der Waals surface area contributed by atoms with Crippen molar-refractivity contribution < 1.29 is 14.5 Å². The van der Waals surface area contributed by atoms with Gasteiger partial charge in [0.25, 0.3) is 5.69 Å². The van der Waals surface area contributed by atoms with Gasteiger partial charge in [-0.2, -0.15) is 0 Å². The van der Waals surface area contributed by atoms with E-state index in [1.807, 2.05) is 6.08 Å². The average molecular weight is 313 g/mol. The summed E-state index contributed by atoms with van der Waals surface area (Å²) >= 11 is 0. The number of rotatable bonds is 5. The summed E-state index contributed by atoms with van der Waals surface area (Å²) in [5.41, 5.74) is 4.45. The fourth-order valence-corrected chi connectivity index (χ4v) is 2.68. The van der Waals surface area contributed by atoms with Crippen molar-refractivity contribution in [3.05, 3.63) is 70.2 Å². The van der Waals surface area contributed by atoms with E-state index in [1.54, 1.807) is 0 Å². The second-order valence-corrected chi connectivity index (χ2v) is 5.46. The second-order valence-electron chi connectivity index (χ2n) is 5.46. The van der Waals surface area contributed by atoms with E-state index < -0.39 is 10.9 Å². The number of hydrogen-bond donors (Lipinski definition) is 0. The third-order valence-electron chi connectivity index (χ3n) is 3.92. The molecular formula is C18H19NO4. The molecule has 1 aromatic rings. The van der Waals surface area contributed by atoms with Crippen LogP contribution in [-0.2, 0) is 4.74 Å². The first-order valence-corrected chi connectivity index (χ1v) is 7.62. The molecule has 23 heavy (non-hydrogen) atoms. The summed E-state index contributed by atoms with van der Waals surface area (Å²) in [6.07, 6.45) is 8.50. The molecule has 120 valence electrons. The number of benzene rings is 1. The lowest BCUT2D eigenvalue weighted by molar-refractivity contribution is -0.384. The van der Waals surface area contributed by atoms with Gasteiger partial charge in [0.05, 0.1) is 10.5 Å². The second kappa shape index (κ2) is 8.11. The third kappa shape index (κ3) is 4.66. The van der Waals surface area contributed by atoms with Gasteiger partial charge in [-0.1, -0.05) is 18.2 Å². The van der Waals surface area contributed by atoms with Gasteiger partial charge in [0.2, 0.25) is 0 Å². The molecule has 5 heteroatoms. The number of ether oxygens (including phenoxy) is 1. The van der Waals surface area contributed by atoms with Crippen LogP contribution >= 0.6 is 0 Å². The van der Waals surface area contributed by atoms with Gasteiger partial charge < -0.3 is 4.74 Å². The van der Waals surface area contributed by atoms with Crippen LogP contribution in [0.25, 0.3) is 0 Å². The zero-order valence-corrected chi connectivity index (χ0v) is 12.9. The summed E-state index contributed by atoms with van der Waals surface area (Å²) in [6, 6.07) is 5.31. The van der Waals surface area contributed by atoms with Crippen LogP contribution in [0.2, 0.25) is 0 Å². The predicted octanol–water partition coefficient (Wildman–Crippen LogP) is 4.56. The fraction of sp³-hybridized carbons (Fsp3) is 0.333. The zero-order chi connectivity index (χ0) is 16.7. The largest absolute Gasteiger partial charge is 0.422 e. The Kier molecular flexibility index (Phi) is 5.89. The minimum Gasteiger partial charge on any atom is -0.422 e. The molecule has 1 fully saturated rings. The monoisotopic (exact) mass is 313 g/mol. The standard InChI is InChI=1S/C18H19NO4/c1-2-5-14-6-3-4-7-15(14)12-13-23-18(20)16-8-10-17(11-9-16)19(21)22/h2,8-11,13-14H,1,3-7H2. The highest BCUT2D eigenvalue weighted by atomic mass is 16.6. The molecule has 0 aliphatic heterocycles. The van der Waals surface area contributed by atoms with Crippen molar-refractivity contribution in [2.24, 2.45) is 5.92 Å². The first kappa shape index (κ1) is 16.7. The van der Waals surface area contributed by atoms with E-state index in [9.17, 15) is 14.9 Å². The fourth-order valence-electron chi connectivity index (χ4n) is 2.68. The summed E-state index contributed by atoms with van der Waals surface area (Å²) in [7, 11) is 0. The minimum atomic E-state index is -0.552. The maximum absolute atomic E-state index is 11.9. The van der Waals surface area contributed by atoms with Crippen LogP contribution in [-0.4, -0.2) is 10.9 Å². The van der Waals surface area contributed by atoms with Crippen LogP contribution in [0.4, 0.5) is 5.69 Å². The average Bonchev–Trinajstić information content (AvgIpc) is 2.56. The molecular weight excluding hydrogens is 294 g/mol. The Morgan fingerprint density at radius 1 is 1.39 bits per heavy atom. The van der Waals surface area contributed by atoms with E-state index in [1.165, 1.54) is 36.9 Å². The Morgan fingerprint density at radius 2 is 2.13 bits per heavy atom. The molecule has 0 aromatic heterocycles. The number of esters is 1. The van der Waals surface area contributed by atoms with Crippen molar-refractivity contribution in [1.29, 1.82) is 0 Å². The molecule has 1 aliphatic rings. The van der Waals surface area contributed by atoms with Crippen molar-refractivity contribution in [3.63, 3.8) is 0 Å². The molecule has 1 aromatic carbocycles. The molecule has 1 unspecified atom stereocenters. The molecule has 1 saturated carbocycles. The molecule has 0 bridgehead atoms. The molecule has 5 nitrogen and oxygen atoms in total. The Balaban J connectivity index is 2.03. The minimum absolute atomic E-state index is 0.0614. The van der Waals surface area contributed by atoms with E-state index in [2.05, 4.69) is 12.3 Å². The van der Waals surface area contributed by atoms with Crippen LogP contribution in [0.1, 0.15) is 42.5 Å². The Morgan fingerprint density at radius 3 is 2.78 bits per heavy atom. The lowest BCUT2D eigenvalue weighted by Crippen LogP contribution is -2.08. The number of hydrogen-bond acceptors (Lipinski definition) is 4. The Bertz CT molecular complexity index is 654. The van der Waals surface area contributed by atoms with E-state index in [0.29, 0.717) is 5.92 Å². The van der Waals surface area contributed by atoms with Crippen LogP contribution in [0.5, 0.6) is 0 Å². The first-order valence-electron chi connectivity index (χ1n) is 7.62. The van der Waals surface area contributed by atoms with Crippen LogP contribution < -0.4 is 0 Å². The number of nitrogens with zero attached hydrogens (tertiary/aromatic N) is 1. The first-order chi connectivity index (χ1) is 11.1. The third-order valence-corrected chi connectivity index (χ3v) is 3.92. The maximum Gasteiger partial charge on any atom is 0.343 e. The number of non-ortho nitro benzene ring substituents is 1. The normalized spacial score (nSPS) is 17.0. The van der Waals surface area contributed by atoms with E-state index in [4.69, 9.17) is 4.74 Å². The molecule has 1 atom stereocenters. The lowest BCUT2D eigenvalue weighted by Gasteiger charge is -2.22. The van der Waals surface area contributed by atoms with Gasteiger partial charge in [0.15, 0.2) is 0 Å². The Hall–Kier alpha value is -2.65. The highest BCUT2D eigenvalue weighted by molar-refractivity contribution is 5.90. The molecule has 0 saturated heterocycles. The van der Waals surface area contributed by atoms with Crippen molar-refractivity contribution in [2.45, 2.75) is 32.1 Å². The molecule has 1 aliphatic carbocycles. The van der Waals surface area contributed by atoms with Crippen LogP contribution in [0, 0.1) is 16.0 Å². The van der Waals surface area contributed by atoms with Gasteiger partial charge in [-0.15, -0.1) is 6.58 Å². The number of carbonyl (C=O) groups excluding carboxylic acids is 1. The van der Waals surface area contributed by atoms with Crippen molar-refractivity contribution >= 4 is 11.7 Å². The topological polar surface area (TPSA) is 69.4 Å². The van der Waals surface area contributed by atoms with E-state index in [0.717, 1.165) is 31.3 Å². The van der Waals surface area contributed by atoms with Gasteiger partial charge in [0.1, 0.15) is 6.26 Å². The number of carbonyl (C=O) groups is 1.